The lowest BCUT2D eigenvalue weighted by Crippen LogP contribution is -2.03. The lowest BCUT2D eigenvalue weighted by atomic mass is 10.0. The maximum Gasteiger partial charge on any atom is 0.416 e. The summed E-state index contributed by atoms with van der Waals surface area (Å²) in [5.74, 6) is 0. The first-order chi connectivity index (χ1) is 8.91. The van der Waals surface area contributed by atoms with E-state index in [1.54, 1.807) is 18.2 Å². The lowest BCUT2D eigenvalue weighted by molar-refractivity contribution is -0.137. The van der Waals surface area contributed by atoms with Gasteiger partial charge in [-0.15, -0.1) is 0 Å². The molecule has 0 aliphatic rings. The van der Waals surface area contributed by atoms with E-state index in [1.165, 1.54) is 12.1 Å². The van der Waals surface area contributed by atoms with Crippen molar-refractivity contribution in [3.05, 3.63) is 58.6 Å². The second-order valence-corrected chi connectivity index (χ2v) is 4.45. The van der Waals surface area contributed by atoms with Crippen molar-refractivity contribution in [2.75, 3.05) is 0 Å². The van der Waals surface area contributed by atoms with E-state index < -0.39 is 11.7 Å². The third-order valence-corrected chi connectivity index (χ3v) is 3.12. The van der Waals surface area contributed by atoms with Crippen molar-refractivity contribution in [2.24, 2.45) is 0 Å². The first-order valence-corrected chi connectivity index (χ1v) is 5.86. The summed E-state index contributed by atoms with van der Waals surface area (Å²) in [6.45, 7) is -0.174. The van der Waals surface area contributed by atoms with Crippen LogP contribution in [0.4, 0.5) is 13.2 Å². The molecule has 0 amide bonds. The molecule has 0 aromatic heterocycles. The minimum absolute atomic E-state index is 0.174. The van der Waals surface area contributed by atoms with Gasteiger partial charge >= 0.3 is 6.18 Å². The van der Waals surface area contributed by atoms with Crippen LogP contribution in [-0.2, 0) is 12.8 Å². The van der Waals surface area contributed by atoms with E-state index in [2.05, 4.69) is 0 Å². The largest absolute Gasteiger partial charge is 0.416 e. The van der Waals surface area contributed by atoms with Gasteiger partial charge in [-0.25, -0.2) is 0 Å². The van der Waals surface area contributed by atoms with Gasteiger partial charge in [-0.1, -0.05) is 35.9 Å². The molecule has 0 bridgehead atoms. The van der Waals surface area contributed by atoms with Gasteiger partial charge in [-0.3, -0.25) is 0 Å². The van der Waals surface area contributed by atoms with Crippen LogP contribution < -0.4 is 0 Å². The zero-order chi connectivity index (χ0) is 14.0. The molecule has 100 valence electrons. The van der Waals surface area contributed by atoms with Crippen LogP contribution in [0, 0.1) is 0 Å². The molecule has 1 nitrogen and oxygen atoms in total. The van der Waals surface area contributed by atoms with Crippen LogP contribution in [0.3, 0.4) is 0 Å². The maximum atomic E-state index is 12.4. The van der Waals surface area contributed by atoms with E-state index in [0.29, 0.717) is 21.7 Å². The average molecular weight is 287 g/mol. The Morgan fingerprint density at radius 2 is 1.53 bits per heavy atom. The number of alkyl halides is 3. The van der Waals surface area contributed by atoms with Gasteiger partial charge in [-0.05, 0) is 34.9 Å². The smallest absolute Gasteiger partial charge is 0.392 e. The Kier molecular flexibility index (Phi) is 3.83. The van der Waals surface area contributed by atoms with Gasteiger partial charge in [0.2, 0.25) is 0 Å². The second kappa shape index (κ2) is 5.23. The Morgan fingerprint density at radius 3 is 2.00 bits per heavy atom. The van der Waals surface area contributed by atoms with Gasteiger partial charge in [0.1, 0.15) is 0 Å². The van der Waals surface area contributed by atoms with Crippen molar-refractivity contribution in [2.45, 2.75) is 12.8 Å². The Labute approximate surface area is 113 Å². The molecule has 0 unspecified atom stereocenters. The van der Waals surface area contributed by atoms with Gasteiger partial charge in [-0.2, -0.15) is 13.2 Å². The number of aliphatic hydroxyl groups excluding tert-OH is 1. The molecule has 0 heterocycles. The number of rotatable bonds is 2. The molecule has 0 spiro atoms. The third-order valence-electron chi connectivity index (χ3n) is 2.77. The molecule has 0 aliphatic carbocycles. The van der Waals surface area contributed by atoms with Crippen LogP contribution >= 0.6 is 11.6 Å². The van der Waals surface area contributed by atoms with E-state index in [9.17, 15) is 13.2 Å². The lowest BCUT2D eigenvalue weighted by Gasteiger charge is -2.09. The minimum Gasteiger partial charge on any atom is -0.392 e. The summed E-state index contributed by atoms with van der Waals surface area (Å²) >= 11 is 5.94. The summed E-state index contributed by atoms with van der Waals surface area (Å²) in [4.78, 5) is 0. The summed E-state index contributed by atoms with van der Waals surface area (Å²) in [5, 5.41) is 9.39. The molecular formula is C14H10ClF3O. The molecule has 2 aromatic carbocycles. The molecule has 0 aliphatic heterocycles. The van der Waals surface area contributed by atoms with Crippen molar-refractivity contribution in [3.63, 3.8) is 0 Å². The predicted octanol–water partition coefficient (Wildman–Crippen LogP) is 4.52. The predicted molar refractivity (Wildman–Crippen MR) is 67.8 cm³/mol. The van der Waals surface area contributed by atoms with Gasteiger partial charge < -0.3 is 5.11 Å². The highest BCUT2D eigenvalue weighted by molar-refractivity contribution is 6.31. The number of hydrogen-bond donors (Lipinski definition) is 1. The normalized spacial score (nSPS) is 11.6. The quantitative estimate of drug-likeness (QED) is 0.861. The molecule has 0 fully saturated rings. The Balaban J connectivity index is 2.35. The van der Waals surface area contributed by atoms with Crippen LogP contribution in [-0.4, -0.2) is 5.11 Å². The fourth-order valence-corrected chi connectivity index (χ4v) is 1.95. The van der Waals surface area contributed by atoms with Crippen molar-refractivity contribution in [3.8, 4) is 11.1 Å². The van der Waals surface area contributed by atoms with Gasteiger partial charge in [0.25, 0.3) is 0 Å². The molecular weight excluding hydrogens is 277 g/mol. The van der Waals surface area contributed by atoms with E-state index in [-0.39, 0.29) is 6.61 Å². The maximum absolute atomic E-state index is 12.4. The number of aliphatic hydroxyl groups is 1. The van der Waals surface area contributed by atoms with Crippen LogP contribution in [0.2, 0.25) is 5.02 Å². The molecule has 0 saturated heterocycles. The average Bonchev–Trinajstić information content (AvgIpc) is 2.38. The summed E-state index contributed by atoms with van der Waals surface area (Å²) in [7, 11) is 0. The molecule has 2 rings (SSSR count). The van der Waals surface area contributed by atoms with Crippen molar-refractivity contribution < 1.29 is 18.3 Å². The van der Waals surface area contributed by atoms with Crippen LogP contribution in [0.1, 0.15) is 11.1 Å². The topological polar surface area (TPSA) is 20.2 Å². The summed E-state index contributed by atoms with van der Waals surface area (Å²) < 4.78 is 37.3. The van der Waals surface area contributed by atoms with Gasteiger partial charge in [0.05, 0.1) is 12.2 Å². The molecule has 19 heavy (non-hydrogen) atoms. The molecule has 0 atom stereocenters. The number of hydrogen-bond acceptors (Lipinski definition) is 1. The Morgan fingerprint density at radius 1 is 0.947 bits per heavy atom. The fraction of sp³-hybridized carbons (Fsp3) is 0.143. The van der Waals surface area contributed by atoms with Gasteiger partial charge in [0, 0.05) is 5.02 Å². The fourth-order valence-electron chi connectivity index (χ4n) is 1.71. The first-order valence-electron chi connectivity index (χ1n) is 5.49. The van der Waals surface area contributed by atoms with E-state index in [0.717, 1.165) is 12.1 Å². The van der Waals surface area contributed by atoms with Crippen LogP contribution in [0.25, 0.3) is 11.1 Å². The molecule has 2 aromatic rings. The number of halogens is 4. The molecule has 5 heteroatoms. The molecule has 0 saturated carbocycles. The van der Waals surface area contributed by atoms with Crippen LogP contribution in [0.15, 0.2) is 42.5 Å². The van der Waals surface area contributed by atoms with Crippen molar-refractivity contribution >= 4 is 11.6 Å². The Hall–Kier alpha value is -1.52. The van der Waals surface area contributed by atoms with E-state index in [4.69, 9.17) is 16.7 Å². The first kappa shape index (κ1) is 13.9. The second-order valence-electron chi connectivity index (χ2n) is 4.04. The summed E-state index contributed by atoms with van der Waals surface area (Å²) in [6.07, 6.45) is -4.34. The molecule has 0 radical (unpaired) electrons. The van der Waals surface area contributed by atoms with Crippen molar-refractivity contribution in [1.29, 1.82) is 0 Å². The zero-order valence-corrected chi connectivity index (χ0v) is 10.5. The third kappa shape index (κ3) is 3.08. The summed E-state index contributed by atoms with van der Waals surface area (Å²) in [5.41, 5.74) is 1.24. The SMILES string of the molecule is OCc1ccc(-c2ccc(C(F)(F)F)cc2)cc1Cl. The van der Waals surface area contributed by atoms with Crippen molar-refractivity contribution in [1.82, 2.24) is 0 Å². The monoisotopic (exact) mass is 286 g/mol. The highest BCUT2D eigenvalue weighted by atomic mass is 35.5. The van der Waals surface area contributed by atoms with E-state index >= 15 is 0 Å². The van der Waals surface area contributed by atoms with Crippen LogP contribution in [0.5, 0.6) is 0 Å². The Bertz CT molecular complexity index is 576. The van der Waals surface area contributed by atoms with E-state index in [1.807, 2.05) is 0 Å². The standard InChI is InChI=1S/C14H10ClF3O/c15-13-7-10(1-2-11(13)8-19)9-3-5-12(6-4-9)14(16,17)18/h1-7,19H,8H2. The highest BCUT2D eigenvalue weighted by Gasteiger charge is 2.29. The minimum atomic E-state index is -4.34. The highest BCUT2D eigenvalue weighted by Crippen LogP contribution is 2.32. The summed E-state index contributed by atoms with van der Waals surface area (Å²) in [6, 6.07) is 9.83. The number of benzene rings is 2. The van der Waals surface area contributed by atoms with Gasteiger partial charge in [0.15, 0.2) is 0 Å². The zero-order valence-electron chi connectivity index (χ0n) is 9.71. The molecule has 1 N–H and O–H groups in total.